The van der Waals surface area contributed by atoms with Crippen LogP contribution in [-0.4, -0.2) is 33.4 Å². The molecule has 0 fully saturated rings. The Labute approximate surface area is 98.7 Å². The van der Waals surface area contributed by atoms with E-state index in [0.717, 1.165) is 0 Å². The van der Waals surface area contributed by atoms with Gasteiger partial charge in [-0.1, -0.05) is 11.6 Å². The van der Waals surface area contributed by atoms with E-state index in [0.29, 0.717) is 13.1 Å². The van der Waals surface area contributed by atoms with E-state index in [2.05, 4.69) is 4.98 Å². The SMILES string of the molecule is CCN(CC)C(=O)Cn1ccnc(Cl)c1=O. The van der Waals surface area contributed by atoms with Gasteiger partial charge in [-0.3, -0.25) is 9.59 Å². The Morgan fingerprint density at radius 3 is 2.69 bits per heavy atom. The highest BCUT2D eigenvalue weighted by atomic mass is 35.5. The van der Waals surface area contributed by atoms with Crippen LogP contribution in [0.3, 0.4) is 0 Å². The fourth-order valence-electron chi connectivity index (χ4n) is 1.37. The van der Waals surface area contributed by atoms with Gasteiger partial charge >= 0.3 is 0 Å². The van der Waals surface area contributed by atoms with Crippen molar-refractivity contribution in [1.29, 1.82) is 0 Å². The summed E-state index contributed by atoms with van der Waals surface area (Å²) in [5, 5.41) is -0.116. The number of aromatic nitrogens is 2. The van der Waals surface area contributed by atoms with Gasteiger partial charge in [0.15, 0.2) is 5.15 Å². The highest BCUT2D eigenvalue weighted by molar-refractivity contribution is 6.29. The van der Waals surface area contributed by atoms with Crippen LogP contribution in [0, 0.1) is 0 Å². The first-order valence-electron chi connectivity index (χ1n) is 5.08. The van der Waals surface area contributed by atoms with Crippen LogP contribution in [0.15, 0.2) is 17.2 Å². The lowest BCUT2D eigenvalue weighted by Gasteiger charge is -2.18. The summed E-state index contributed by atoms with van der Waals surface area (Å²) in [5.74, 6) is -0.102. The van der Waals surface area contributed by atoms with Crippen LogP contribution in [0.4, 0.5) is 0 Å². The summed E-state index contributed by atoms with van der Waals surface area (Å²) in [6.45, 7) is 5.04. The molecule has 0 saturated heterocycles. The van der Waals surface area contributed by atoms with E-state index in [1.165, 1.54) is 17.0 Å². The first kappa shape index (κ1) is 12.7. The van der Waals surface area contributed by atoms with Crippen LogP contribution < -0.4 is 5.56 Å². The molecule has 0 aliphatic carbocycles. The Hall–Kier alpha value is -1.36. The molecule has 0 aliphatic rings. The summed E-state index contributed by atoms with van der Waals surface area (Å²) in [5.41, 5.74) is -0.440. The van der Waals surface area contributed by atoms with Gasteiger partial charge < -0.3 is 9.47 Å². The minimum atomic E-state index is -0.440. The maximum Gasteiger partial charge on any atom is 0.288 e. The Morgan fingerprint density at radius 1 is 1.50 bits per heavy atom. The Balaban J connectivity index is 2.85. The number of halogens is 1. The Bertz CT molecular complexity index is 426. The molecule has 1 aromatic rings. The van der Waals surface area contributed by atoms with Crippen molar-refractivity contribution in [2.75, 3.05) is 13.1 Å². The predicted octanol–water partition coefficient (Wildman–Crippen LogP) is 0.765. The van der Waals surface area contributed by atoms with Crippen LogP contribution in [0.25, 0.3) is 0 Å². The summed E-state index contributed by atoms with van der Waals surface area (Å²) in [7, 11) is 0. The van der Waals surface area contributed by atoms with Gasteiger partial charge in [0.25, 0.3) is 5.56 Å². The number of nitrogens with zero attached hydrogens (tertiary/aromatic N) is 3. The van der Waals surface area contributed by atoms with E-state index in [4.69, 9.17) is 11.6 Å². The molecule has 0 N–H and O–H groups in total. The van der Waals surface area contributed by atoms with Gasteiger partial charge in [-0.25, -0.2) is 4.98 Å². The maximum absolute atomic E-state index is 11.7. The second-order valence-corrected chi connectivity index (χ2v) is 3.58. The van der Waals surface area contributed by atoms with Gasteiger partial charge in [-0.15, -0.1) is 0 Å². The average molecular weight is 244 g/mol. The van der Waals surface area contributed by atoms with Gasteiger partial charge in [0, 0.05) is 25.5 Å². The van der Waals surface area contributed by atoms with E-state index < -0.39 is 5.56 Å². The maximum atomic E-state index is 11.7. The lowest BCUT2D eigenvalue weighted by Crippen LogP contribution is -2.36. The second kappa shape index (κ2) is 5.65. The van der Waals surface area contributed by atoms with Gasteiger partial charge in [0.2, 0.25) is 5.91 Å². The van der Waals surface area contributed by atoms with Gasteiger partial charge in [0.1, 0.15) is 6.54 Å². The van der Waals surface area contributed by atoms with E-state index >= 15 is 0 Å². The van der Waals surface area contributed by atoms with E-state index in [9.17, 15) is 9.59 Å². The topological polar surface area (TPSA) is 55.2 Å². The van der Waals surface area contributed by atoms with Gasteiger partial charge in [-0.05, 0) is 13.8 Å². The summed E-state index contributed by atoms with van der Waals surface area (Å²) >= 11 is 5.58. The summed E-state index contributed by atoms with van der Waals surface area (Å²) in [4.78, 5) is 28.5. The van der Waals surface area contributed by atoms with Crippen molar-refractivity contribution < 1.29 is 4.79 Å². The highest BCUT2D eigenvalue weighted by Crippen LogP contribution is 1.96. The number of likely N-dealkylation sites (N-methyl/N-ethyl adjacent to an activating group) is 1. The van der Waals surface area contributed by atoms with Crippen LogP contribution in [0.2, 0.25) is 5.15 Å². The molecule has 1 heterocycles. The lowest BCUT2D eigenvalue weighted by molar-refractivity contribution is -0.131. The van der Waals surface area contributed by atoms with Crippen molar-refractivity contribution >= 4 is 17.5 Å². The molecule has 0 unspecified atom stereocenters. The van der Waals surface area contributed by atoms with Crippen molar-refractivity contribution in [3.05, 3.63) is 27.9 Å². The molecule has 0 radical (unpaired) electrons. The monoisotopic (exact) mass is 243 g/mol. The van der Waals surface area contributed by atoms with E-state index in [1.54, 1.807) is 4.90 Å². The largest absolute Gasteiger partial charge is 0.342 e. The Morgan fingerprint density at radius 2 is 2.12 bits per heavy atom. The molecule has 1 aromatic heterocycles. The quantitative estimate of drug-likeness (QED) is 0.785. The zero-order chi connectivity index (χ0) is 12.1. The first-order valence-corrected chi connectivity index (χ1v) is 5.46. The molecule has 0 saturated carbocycles. The van der Waals surface area contributed by atoms with Crippen molar-refractivity contribution in [1.82, 2.24) is 14.5 Å². The third-order valence-electron chi connectivity index (χ3n) is 2.29. The van der Waals surface area contributed by atoms with Crippen molar-refractivity contribution in [2.24, 2.45) is 0 Å². The van der Waals surface area contributed by atoms with E-state index in [1.807, 2.05) is 13.8 Å². The normalized spacial score (nSPS) is 10.2. The third-order valence-corrected chi connectivity index (χ3v) is 2.55. The molecule has 0 aliphatic heterocycles. The zero-order valence-corrected chi connectivity index (χ0v) is 10.1. The fourth-order valence-corrected chi connectivity index (χ4v) is 1.53. The molecule has 5 nitrogen and oxygen atoms in total. The van der Waals surface area contributed by atoms with Gasteiger partial charge in [0.05, 0.1) is 0 Å². The minimum Gasteiger partial charge on any atom is -0.342 e. The average Bonchev–Trinajstić information content (AvgIpc) is 2.26. The number of carbonyl (C=O) groups excluding carboxylic acids is 1. The number of amides is 1. The number of rotatable bonds is 4. The van der Waals surface area contributed by atoms with Crippen molar-refractivity contribution in [3.8, 4) is 0 Å². The van der Waals surface area contributed by atoms with Crippen molar-refractivity contribution in [2.45, 2.75) is 20.4 Å². The lowest BCUT2D eigenvalue weighted by atomic mass is 10.4. The summed E-state index contributed by atoms with van der Waals surface area (Å²) in [6.07, 6.45) is 2.86. The minimum absolute atomic E-state index is 0.00273. The van der Waals surface area contributed by atoms with Crippen LogP contribution in [-0.2, 0) is 11.3 Å². The van der Waals surface area contributed by atoms with Gasteiger partial charge in [-0.2, -0.15) is 0 Å². The molecule has 16 heavy (non-hydrogen) atoms. The first-order chi connectivity index (χ1) is 7.60. The molecule has 0 bridgehead atoms. The zero-order valence-electron chi connectivity index (χ0n) is 9.31. The molecular formula is C10H14ClN3O2. The molecule has 88 valence electrons. The molecule has 0 atom stereocenters. The van der Waals surface area contributed by atoms with Crippen molar-refractivity contribution in [3.63, 3.8) is 0 Å². The van der Waals surface area contributed by atoms with Crippen LogP contribution >= 0.6 is 11.6 Å². The molecule has 6 heteroatoms. The molecule has 0 aromatic carbocycles. The summed E-state index contributed by atoms with van der Waals surface area (Å²) < 4.78 is 1.26. The number of carbonyl (C=O) groups is 1. The third kappa shape index (κ3) is 2.82. The molecule has 1 amide bonds. The fraction of sp³-hybridized carbons (Fsp3) is 0.500. The predicted molar refractivity (Wildman–Crippen MR) is 61.4 cm³/mol. The summed E-state index contributed by atoms with van der Waals surface area (Å²) in [6, 6.07) is 0. The van der Waals surface area contributed by atoms with E-state index in [-0.39, 0.29) is 17.6 Å². The van der Waals surface area contributed by atoms with Crippen LogP contribution in [0.5, 0.6) is 0 Å². The molecular weight excluding hydrogens is 230 g/mol. The molecule has 1 rings (SSSR count). The Kier molecular flexibility index (Phi) is 4.49. The second-order valence-electron chi connectivity index (χ2n) is 3.22. The highest BCUT2D eigenvalue weighted by Gasteiger charge is 2.11. The smallest absolute Gasteiger partial charge is 0.288 e. The standard InChI is InChI=1S/C10H14ClN3O2/c1-3-13(4-2)8(15)7-14-6-5-12-9(11)10(14)16/h5-6H,3-4,7H2,1-2H3. The number of hydrogen-bond acceptors (Lipinski definition) is 3. The van der Waals surface area contributed by atoms with Crippen LogP contribution in [0.1, 0.15) is 13.8 Å². The molecule has 0 spiro atoms. The number of hydrogen-bond donors (Lipinski definition) is 0.